The third-order valence-corrected chi connectivity index (χ3v) is 4.51. The first-order valence-electron chi connectivity index (χ1n) is 8.69. The quantitative estimate of drug-likeness (QED) is 0.730. The summed E-state index contributed by atoms with van der Waals surface area (Å²) in [5.74, 6) is 0.472. The highest BCUT2D eigenvalue weighted by molar-refractivity contribution is 5.98. The summed E-state index contributed by atoms with van der Waals surface area (Å²) >= 11 is 0. The Morgan fingerprint density at radius 1 is 1.22 bits per heavy atom. The fourth-order valence-electron chi connectivity index (χ4n) is 3.11. The Labute approximate surface area is 158 Å². The molecule has 1 amide bonds. The maximum Gasteiger partial charge on any atom is 0.256 e. The van der Waals surface area contributed by atoms with Crippen LogP contribution in [0, 0.1) is 18.3 Å². The summed E-state index contributed by atoms with van der Waals surface area (Å²) < 4.78 is 7.40. The van der Waals surface area contributed by atoms with Crippen molar-refractivity contribution in [2.75, 3.05) is 20.6 Å². The highest BCUT2D eigenvalue weighted by Gasteiger charge is 2.25. The van der Waals surface area contributed by atoms with Gasteiger partial charge < -0.3 is 14.6 Å². The van der Waals surface area contributed by atoms with Gasteiger partial charge in [-0.3, -0.25) is 9.36 Å². The number of aryl methyl sites for hydroxylation is 1. The molecule has 0 spiro atoms. The number of benzene rings is 1. The van der Waals surface area contributed by atoms with E-state index in [0.717, 1.165) is 5.56 Å². The summed E-state index contributed by atoms with van der Waals surface area (Å²) in [5.41, 5.74) is 1.63. The van der Waals surface area contributed by atoms with E-state index >= 15 is 0 Å². The normalized spacial score (nSPS) is 12.0. The Morgan fingerprint density at radius 3 is 2.48 bits per heavy atom. The monoisotopic (exact) mass is 362 g/mol. The SMILES string of the molecule is Cc1oc(-n2cccc2)c(C#N)c1C(=O)NCC(c1ccccc1)N(C)C. The fourth-order valence-corrected chi connectivity index (χ4v) is 3.11. The van der Waals surface area contributed by atoms with Gasteiger partial charge in [0.15, 0.2) is 0 Å². The molecule has 3 rings (SSSR count). The number of furan rings is 1. The minimum absolute atomic E-state index is 0.0248. The number of carbonyl (C=O) groups excluding carboxylic acids is 1. The van der Waals surface area contributed by atoms with Crippen molar-refractivity contribution >= 4 is 5.91 Å². The van der Waals surface area contributed by atoms with Crippen LogP contribution in [-0.2, 0) is 0 Å². The van der Waals surface area contributed by atoms with Crippen molar-refractivity contribution in [2.45, 2.75) is 13.0 Å². The summed E-state index contributed by atoms with van der Waals surface area (Å²) in [7, 11) is 3.94. The second kappa shape index (κ2) is 7.94. The standard InChI is InChI=1S/C21H22N4O2/c1-15-19(17(13-22)21(27-15)25-11-7-8-12-25)20(26)23-14-18(24(2)3)16-9-5-4-6-10-16/h4-12,18H,14H2,1-3H3,(H,23,26). The molecule has 0 saturated heterocycles. The molecule has 6 nitrogen and oxygen atoms in total. The Balaban J connectivity index is 1.83. The molecule has 27 heavy (non-hydrogen) atoms. The van der Waals surface area contributed by atoms with Crippen molar-refractivity contribution in [1.82, 2.24) is 14.8 Å². The van der Waals surface area contributed by atoms with Crippen molar-refractivity contribution in [2.24, 2.45) is 0 Å². The van der Waals surface area contributed by atoms with E-state index < -0.39 is 0 Å². The van der Waals surface area contributed by atoms with Crippen LogP contribution in [0.3, 0.4) is 0 Å². The molecule has 0 aliphatic carbocycles. The largest absolute Gasteiger partial charge is 0.443 e. The topological polar surface area (TPSA) is 74.2 Å². The fraction of sp³-hybridized carbons (Fsp3) is 0.238. The van der Waals surface area contributed by atoms with Crippen LogP contribution in [0.4, 0.5) is 0 Å². The third-order valence-electron chi connectivity index (χ3n) is 4.51. The Bertz CT molecular complexity index is 950. The molecule has 3 aromatic rings. The number of nitrogens with zero attached hydrogens (tertiary/aromatic N) is 3. The lowest BCUT2D eigenvalue weighted by atomic mass is 10.1. The van der Waals surface area contributed by atoms with Crippen molar-refractivity contribution in [3.8, 4) is 12.0 Å². The first-order valence-corrected chi connectivity index (χ1v) is 8.69. The van der Waals surface area contributed by atoms with Crippen LogP contribution in [-0.4, -0.2) is 36.0 Å². The van der Waals surface area contributed by atoms with Gasteiger partial charge in [-0.05, 0) is 38.7 Å². The lowest BCUT2D eigenvalue weighted by Gasteiger charge is -2.25. The summed E-state index contributed by atoms with van der Waals surface area (Å²) in [6.45, 7) is 2.12. The number of carbonyl (C=O) groups is 1. The van der Waals surface area contributed by atoms with E-state index in [1.807, 2.05) is 61.5 Å². The summed E-state index contributed by atoms with van der Waals surface area (Å²) in [6, 6.07) is 15.8. The molecule has 2 heterocycles. The van der Waals surface area contributed by atoms with E-state index in [0.29, 0.717) is 18.2 Å². The van der Waals surface area contributed by atoms with E-state index in [1.54, 1.807) is 23.9 Å². The highest BCUT2D eigenvalue weighted by atomic mass is 16.4. The Hall–Kier alpha value is -3.30. The first-order chi connectivity index (χ1) is 13.0. The number of nitrogens with one attached hydrogen (secondary N) is 1. The van der Waals surface area contributed by atoms with Gasteiger partial charge in [0.05, 0.1) is 6.04 Å². The van der Waals surface area contributed by atoms with Crippen LogP contribution >= 0.6 is 0 Å². The molecular weight excluding hydrogens is 340 g/mol. The van der Waals surface area contributed by atoms with Crippen LogP contribution in [0.2, 0.25) is 0 Å². The van der Waals surface area contributed by atoms with Crippen molar-refractivity contribution in [1.29, 1.82) is 5.26 Å². The molecule has 138 valence electrons. The van der Waals surface area contributed by atoms with Gasteiger partial charge in [-0.1, -0.05) is 30.3 Å². The van der Waals surface area contributed by atoms with Crippen LogP contribution in [0.5, 0.6) is 0 Å². The van der Waals surface area contributed by atoms with Gasteiger partial charge >= 0.3 is 0 Å². The Kier molecular flexibility index (Phi) is 5.43. The molecule has 2 aromatic heterocycles. The Morgan fingerprint density at radius 2 is 1.89 bits per heavy atom. The number of nitriles is 1. The number of hydrogen-bond donors (Lipinski definition) is 1. The molecule has 1 N–H and O–H groups in total. The zero-order valence-electron chi connectivity index (χ0n) is 15.6. The lowest BCUT2D eigenvalue weighted by molar-refractivity contribution is 0.0940. The molecule has 6 heteroatoms. The summed E-state index contributed by atoms with van der Waals surface area (Å²) in [4.78, 5) is 14.9. The summed E-state index contributed by atoms with van der Waals surface area (Å²) in [5, 5.41) is 12.5. The average Bonchev–Trinajstić information content (AvgIpc) is 3.29. The van der Waals surface area contributed by atoms with Gasteiger partial charge in [0.2, 0.25) is 5.88 Å². The molecular formula is C21H22N4O2. The van der Waals surface area contributed by atoms with E-state index in [1.165, 1.54) is 0 Å². The average molecular weight is 362 g/mol. The molecule has 0 aliphatic heterocycles. The van der Waals surface area contributed by atoms with Crippen molar-refractivity contribution in [3.63, 3.8) is 0 Å². The van der Waals surface area contributed by atoms with E-state index in [4.69, 9.17) is 4.42 Å². The summed E-state index contributed by atoms with van der Waals surface area (Å²) in [6.07, 6.45) is 3.55. The molecule has 1 unspecified atom stereocenters. The maximum atomic E-state index is 12.8. The molecule has 0 radical (unpaired) electrons. The second-order valence-corrected chi connectivity index (χ2v) is 6.52. The number of likely N-dealkylation sites (N-methyl/N-ethyl adjacent to an activating group) is 1. The van der Waals surface area contributed by atoms with E-state index in [2.05, 4.69) is 11.4 Å². The molecule has 0 bridgehead atoms. The number of amides is 1. The molecule has 0 saturated carbocycles. The number of aromatic nitrogens is 1. The van der Waals surface area contributed by atoms with E-state index in [9.17, 15) is 10.1 Å². The van der Waals surface area contributed by atoms with Crippen LogP contribution in [0.1, 0.15) is 33.3 Å². The number of hydrogen-bond acceptors (Lipinski definition) is 4. The predicted molar refractivity (Wildman–Crippen MR) is 103 cm³/mol. The van der Waals surface area contributed by atoms with Gasteiger partial charge in [-0.2, -0.15) is 5.26 Å². The molecule has 0 fully saturated rings. The minimum Gasteiger partial charge on any atom is -0.443 e. The van der Waals surface area contributed by atoms with Gasteiger partial charge in [-0.25, -0.2) is 0 Å². The zero-order chi connectivity index (χ0) is 19.4. The van der Waals surface area contributed by atoms with Gasteiger partial charge in [0.1, 0.15) is 23.0 Å². The molecule has 0 aliphatic rings. The maximum absolute atomic E-state index is 12.8. The van der Waals surface area contributed by atoms with E-state index in [-0.39, 0.29) is 23.1 Å². The minimum atomic E-state index is -0.311. The lowest BCUT2D eigenvalue weighted by Crippen LogP contribution is -2.34. The zero-order valence-corrected chi connectivity index (χ0v) is 15.6. The molecule has 1 aromatic carbocycles. The van der Waals surface area contributed by atoms with Gasteiger partial charge in [-0.15, -0.1) is 0 Å². The second-order valence-electron chi connectivity index (χ2n) is 6.52. The smallest absolute Gasteiger partial charge is 0.256 e. The number of rotatable bonds is 6. The first kappa shape index (κ1) is 18.5. The van der Waals surface area contributed by atoms with Gasteiger partial charge in [0, 0.05) is 18.9 Å². The van der Waals surface area contributed by atoms with Crippen LogP contribution in [0.25, 0.3) is 5.88 Å². The predicted octanol–water partition coefficient (Wildman–Crippen LogP) is 3.28. The highest BCUT2D eigenvalue weighted by Crippen LogP contribution is 2.25. The van der Waals surface area contributed by atoms with Crippen molar-refractivity contribution < 1.29 is 9.21 Å². The van der Waals surface area contributed by atoms with Gasteiger partial charge in [0.25, 0.3) is 5.91 Å². The van der Waals surface area contributed by atoms with Crippen LogP contribution in [0.15, 0.2) is 59.3 Å². The van der Waals surface area contributed by atoms with Crippen LogP contribution < -0.4 is 5.32 Å². The molecule has 1 atom stereocenters. The van der Waals surface area contributed by atoms with Crippen molar-refractivity contribution in [3.05, 3.63) is 77.3 Å². The third kappa shape index (κ3) is 3.78.